The number of aromatic nitrogens is 4. The summed E-state index contributed by atoms with van der Waals surface area (Å²) >= 11 is 2.85. The van der Waals surface area contributed by atoms with Gasteiger partial charge in [0.15, 0.2) is 10.2 Å². The van der Waals surface area contributed by atoms with Gasteiger partial charge in [0.05, 0.1) is 5.75 Å². The molecule has 16 heavy (non-hydrogen) atoms. The predicted octanol–water partition coefficient (Wildman–Crippen LogP) is 1.92. The Hall–Kier alpha value is -1.15. The van der Waals surface area contributed by atoms with Crippen LogP contribution in [0.4, 0.5) is 5.13 Å². The van der Waals surface area contributed by atoms with E-state index in [-0.39, 0.29) is 5.92 Å². The van der Waals surface area contributed by atoms with E-state index in [1.165, 1.54) is 23.1 Å². The lowest BCUT2D eigenvalue weighted by atomic mass is 10.2. The highest BCUT2D eigenvalue weighted by molar-refractivity contribution is 8.00. The second-order valence-corrected chi connectivity index (χ2v) is 5.63. The van der Waals surface area contributed by atoms with Crippen molar-refractivity contribution in [3.05, 3.63) is 11.7 Å². The molecule has 6 nitrogen and oxygen atoms in total. The maximum absolute atomic E-state index is 5.47. The molecule has 0 bridgehead atoms. The van der Waals surface area contributed by atoms with Crippen molar-refractivity contribution in [1.29, 1.82) is 0 Å². The van der Waals surface area contributed by atoms with E-state index in [9.17, 15) is 0 Å². The monoisotopic (exact) mass is 257 g/mol. The quantitative estimate of drug-likeness (QED) is 0.836. The molecule has 0 aromatic carbocycles. The Kier molecular flexibility index (Phi) is 3.39. The van der Waals surface area contributed by atoms with Crippen LogP contribution >= 0.6 is 23.1 Å². The van der Waals surface area contributed by atoms with E-state index in [4.69, 9.17) is 10.3 Å². The van der Waals surface area contributed by atoms with E-state index in [0.29, 0.717) is 22.6 Å². The van der Waals surface area contributed by atoms with Gasteiger partial charge in [-0.3, -0.25) is 0 Å². The third-order valence-corrected chi connectivity index (χ3v) is 3.61. The number of thioether (sulfide) groups is 1. The summed E-state index contributed by atoms with van der Waals surface area (Å²) in [6, 6.07) is 0. The zero-order chi connectivity index (χ0) is 11.5. The summed E-state index contributed by atoms with van der Waals surface area (Å²) in [4.78, 5) is 4.26. The summed E-state index contributed by atoms with van der Waals surface area (Å²) in [6.45, 7) is 4.02. The fourth-order valence-electron chi connectivity index (χ4n) is 0.966. The molecule has 86 valence electrons. The second-order valence-electron chi connectivity index (χ2n) is 3.40. The molecule has 2 N–H and O–H groups in total. The Morgan fingerprint density at radius 1 is 1.44 bits per heavy atom. The zero-order valence-corrected chi connectivity index (χ0v) is 10.5. The molecular weight excluding hydrogens is 246 g/mol. The third kappa shape index (κ3) is 2.70. The maximum Gasteiger partial charge on any atom is 0.229 e. The Morgan fingerprint density at radius 2 is 2.25 bits per heavy atom. The summed E-state index contributed by atoms with van der Waals surface area (Å²) in [7, 11) is 0. The standard InChI is InChI=1S/C8H11N5OS2/c1-4(2)6-10-5(13-14-6)3-15-8-12-11-7(9)16-8/h4H,3H2,1-2H3,(H2,9,11). The minimum absolute atomic E-state index is 0.253. The average molecular weight is 257 g/mol. The van der Waals surface area contributed by atoms with Crippen molar-refractivity contribution < 1.29 is 4.52 Å². The van der Waals surface area contributed by atoms with Crippen LogP contribution in [-0.2, 0) is 5.75 Å². The van der Waals surface area contributed by atoms with Gasteiger partial charge in [0.1, 0.15) is 0 Å². The highest BCUT2D eigenvalue weighted by atomic mass is 32.2. The van der Waals surface area contributed by atoms with E-state index in [0.717, 1.165) is 4.34 Å². The van der Waals surface area contributed by atoms with Crippen LogP contribution in [-0.4, -0.2) is 20.3 Å². The summed E-state index contributed by atoms with van der Waals surface area (Å²) in [5.74, 6) is 2.20. The van der Waals surface area contributed by atoms with Crippen LogP contribution in [0, 0.1) is 0 Å². The fraction of sp³-hybridized carbons (Fsp3) is 0.500. The van der Waals surface area contributed by atoms with Crippen LogP contribution in [0.1, 0.15) is 31.5 Å². The van der Waals surface area contributed by atoms with E-state index < -0.39 is 0 Å². The molecule has 2 aromatic rings. The molecule has 0 fully saturated rings. The van der Waals surface area contributed by atoms with Crippen molar-refractivity contribution in [1.82, 2.24) is 20.3 Å². The number of hydrogen-bond acceptors (Lipinski definition) is 8. The Labute approximate surface area is 101 Å². The van der Waals surface area contributed by atoms with Gasteiger partial charge in [-0.1, -0.05) is 42.1 Å². The van der Waals surface area contributed by atoms with Gasteiger partial charge in [0.2, 0.25) is 11.0 Å². The van der Waals surface area contributed by atoms with Crippen LogP contribution in [0.5, 0.6) is 0 Å². The van der Waals surface area contributed by atoms with Gasteiger partial charge in [-0.15, -0.1) is 10.2 Å². The lowest BCUT2D eigenvalue weighted by Crippen LogP contribution is -1.88. The number of anilines is 1. The van der Waals surface area contributed by atoms with Crippen molar-refractivity contribution in [2.45, 2.75) is 29.9 Å². The molecule has 0 spiro atoms. The van der Waals surface area contributed by atoms with Crippen molar-refractivity contribution in [2.24, 2.45) is 0 Å². The molecule has 0 atom stereocenters. The Bertz CT molecular complexity index is 466. The molecule has 0 amide bonds. The van der Waals surface area contributed by atoms with Gasteiger partial charge >= 0.3 is 0 Å². The van der Waals surface area contributed by atoms with Crippen LogP contribution in [0.3, 0.4) is 0 Å². The lowest BCUT2D eigenvalue weighted by molar-refractivity contribution is 0.362. The van der Waals surface area contributed by atoms with Gasteiger partial charge in [-0.25, -0.2) is 0 Å². The number of nitrogens with zero attached hydrogens (tertiary/aromatic N) is 4. The number of nitrogens with two attached hydrogens (primary N) is 1. The van der Waals surface area contributed by atoms with Crippen molar-refractivity contribution in [2.75, 3.05) is 5.73 Å². The molecule has 0 saturated heterocycles. The summed E-state index contributed by atoms with van der Waals surface area (Å²) in [6.07, 6.45) is 0. The fourth-order valence-corrected chi connectivity index (χ4v) is 2.44. The summed E-state index contributed by atoms with van der Waals surface area (Å²) in [5, 5.41) is 12.0. The van der Waals surface area contributed by atoms with E-state index >= 15 is 0 Å². The van der Waals surface area contributed by atoms with Crippen molar-refractivity contribution in [3.8, 4) is 0 Å². The van der Waals surface area contributed by atoms with Crippen LogP contribution < -0.4 is 5.73 Å². The molecule has 2 heterocycles. The first kappa shape index (κ1) is 11.3. The van der Waals surface area contributed by atoms with Crippen LogP contribution in [0.2, 0.25) is 0 Å². The van der Waals surface area contributed by atoms with Crippen molar-refractivity contribution >= 4 is 28.2 Å². The van der Waals surface area contributed by atoms with Crippen molar-refractivity contribution in [3.63, 3.8) is 0 Å². The largest absolute Gasteiger partial charge is 0.374 e. The summed E-state index contributed by atoms with van der Waals surface area (Å²) in [5.41, 5.74) is 5.47. The van der Waals surface area contributed by atoms with Gasteiger partial charge < -0.3 is 10.3 Å². The number of rotatable bonds is 4. The first-order valence-electron chi connectivity index (χ1n) is 4.69. The molecule has 2 rings (SSSR count). The normalized spacial score (nSPS) is 11.2. The lowest BCUT2D eigenvalue weighted by Gasteiger charge is -1.92. The molecule has 0 unspecified atom stereocenters. The Morgan fingerprint density at radius 3 is 2.81 bits per heavy atom. The predicted molar refractivity (Wildman–Crippen MR) is 62.3 cm³/mol. The van der Waals surface area contributed by atoms with Gasteiger partial charge in [-0.2, -0.15) is 4.98 Å². The highest BCUT2D eigenvalue weighted by Crippen LogP contribution is 2.26. The minimum atomic E-state index is 0.253. The smallest absolute Gasteiger partial charge is 0.229 e. The topological polar surface area (TPSA) is 90.7 Å². The first-order valence-corrected chi connectivity index (χ1v) is 6.49. The average Bonchev–Trinajstić information content (AvgIpc) is 2.83. The minimum Gasteiger partial charge on any atom is -0.374 e. The molecule has 0 aliphatic heterocycles. The second kappa shape index (κ2) is 4.79. The molecule has 0 saturated carbocycles. The molecule has 2 aromatic heterocycles. The molecule has 0 aliphatic rings. The summed E-state index contributed by atoms with van der Waals surface area (Å²) < 4.78 is 5.90. The van der Waals surface area contributed by atoms with E-state index in [1.54, 1.807) is 0 Å². The van der Waals surface area contributed by atoms with E-state index in [2.05, 4.69) is 20.3 Å². The molecule has 0 radical (unpaired) electrons. The molecular formula is C8H11N5OS2. The van der Waals surface area contributed by atoms with Gasteiger partial charge in [-0.05, 0) is 0 Å². The molecule has 8 heteroatoms. The number of hydrogen-bond donors (Lipinski definition) is 1. The first-order chi connectivity index (χ1) is 7.65. The highest BCUT2D eigenvalue weighted by Gasteiger charge is 2.11. The van der Waals surface area contributed by atoms with Crippen LogP contribution in [0.25, 0.3) is 0 Å². The zero-order valence-electron chi connectivity index (χ0n) is 8.88. The molecule has 0 aliphatic carbocycles. The third-order valence-electron chi connectivity index (χ3n) is 1.72. The van der Waals surface area contributed by atoms with Crippen LogP contribution in [0.15, 0.2) is 8.86 Å². The van der Waals surface area contributed by atoms with Gasteiger partial charge in [0, 0.05) is 5.92 Å². The maximum atomic E-state index is 5.47. The number of nitrogen functional groups attached to an aromatic ring is 1. The van der Waals surface area contributed by atoms with Gasteiger partial charge in [0.25, 0.3) is 0 Å². The Balaban J connectivity index is 1.94. The van der Waals surface area contributed by atoms with E-state index in [1.807, 2.05) is 13.8 Å². The SMILES string of the molecule is CC(C)c1nc(CSc2nnc(N)s2)no1.